The first-order chi connectivity index (χ1) is 14.0. The number of benzene rings is 1. The lowest BCUT2D eigenvalue weighted by atomic mass is 9.64. The van der Waals surface area contributed by atoms with Crippen LogP contribution < -0.4 is 4.65 Å². The lowest BCUT2D eigenvalue weighted by Gasteiger charge is -2.28. The van der Waals surface area contributed by atoms with Crippen molar-refractivity contribution in [3.63, 3.8) is 0 Å². The molecule has 1 saturated heterocycles. The Bertz CT molecular complexity index is 759. The van der Waals surface area contributed by atoms with Crippen LogP contribution in [0, 0.1) is 5.92 Å². The van der Waals surface area contributed by atoms with Gasteiger partial charge < -0.3 is 23.9 Å². The summed E-state index contributed by atoms with van der Waals surface area (Å²) in [7, 11) is -1.18. The van der Waals surface area contributed by atoms with Gasteiger partial charge in [0.25, 0.3) is 0 Å². The van der Waals surface area contributed by atoms with Crippen molar-refractivity contribution in [3.05, 3.63) is 29.3 Å². The lowest BCUT2D eigenvalue weighted by Crippen LogP contribution is -2.36. The molecule has 1 fully saturated rings. The fourth-order valence-corrected chi connectivity index (χ4v) is 3.53. The summed E-state index contributed by atoms with van der Waals surface area (Å²) in [6.45, 7) is 2.31. The standard InChI is InChI=1S/C20H25BO8/c1-2-16(22)11-15-10-14-4-3-5-17(18(14)29-21(15)25)20(24)28-12-27-19(23)13-6-8-26-9-7-13/h3-5,13,15,25H,2,6-12H2,1H3/t15-/m1/s1. The van der Waals surface area contributed by atoms with Gasteiger partial charge in [-0.3, -0.25) is 9.59 Å². The minimum absolute atomic E-state index is 0.0445. The number of ether oxygens (including phenoxy) is 3. The second kappa shape index (κ2) is 9.89. The van der Waals surface area contributed by atoms with Crippen LogP contribution in [0.3, 0.4) is 0 Å². The van der Waals surface area contributed by atoms with Crippen LogP contribution in [0.2, 0.25) is 5.82 Å². The molecule has 0 aliphatic carbocycles. The molecular weight excluding hydrogens is 379 g/mol. The Kier molecular flexibility index (Phi) is 7.27. The van der Waals surface area contributed by atoms with Gasteiger partial charge in [0.1, 0.15) is 17.1 Å². The van der Waals surface area contributed by atoms with Crippen LogP contribution in [0.5, 0.6) is 5.75 Å². The summed E-state index contributed by atoms with van der Waals surface area (Å²) in [6, 6.07) is 4.99. The normalized spacial score (nSPS) is 19.1. The van der Waals surface area contributed by atoms with Crippen LogP contribution in [-0.4, -0.2) is 49.9 Å². The van der Waals surface area contributed by atoms with E-state index in [1.165, 1.54) is 6.07 Å². The third-order valence-corrected chi connectivity index (χ3v) is 5.27. The van der Waals surface area contributed by atoms with Crippen molar-refractivity contribution in [1.82, 2.24) is 0 Å². The Hall–Kier alpha value is -2.39. The van der Waals surface area contributed by atoms with Crippen molar-refractivity contribution in [2.45, 2.75) is 44.8 Å². The number of Topliss-reactive ketones (excluding diaryl/α,β-unsaturated/α-hetero) is 1. The largest absolute Gasteiger partial charge is 0.535 e. The molecule has 0 unspecified atom stereocenters. The topological polar surface area (TPSA) is 108 Å². The summed E-state index contributed by atoms with van der Waals surface area (Å²) < 4.78 is 20.9. The molecule has 156 valence electrons. The average Bonchev–Trinajstić information content (AvgIpc) is 2.74. The van der Waals surface area contributed by atoms with Gasteiger partial charge in [0, 0.05) is 31.9 Å². The van der Waals surface area contributed by atoms with Gasteiger partial charge in [0.05, 0.1) is 5.92 Å². The molecule has 1 aromatic carbocycles. The summed E-state index contributed by atoms with van der Waals surface area (Å²) in [4.78, 5) is 36.1. The van der Waals surface area contributed by atoms with Crippen LogP contribution in [0.4, 0.5) is 0 Å². The maximum Gasteiger partial charge on any atom is 0.526 e. The number of ketones is 1. The van der Waals surface area contributed by atoms with E-state index in [0.717, 1.165) is 5.56 Å². The number of carbonyl (C=O) groups is 3. The molecule has 1 aromatic rings. The molecule has 0 radical (unpaired) electrons. The Balaban J connectivity index is 1.58. The molecule has 0 aromatic heterocycles. The number of para-hydroxylation sites is 1. The second-order valence-corrected chi connectivity index (χ2v) is 7.26. The predicted molar refractivity (Wildman–Crippen MR) is 102 cm³/mol. The first-order valence-corrected chi connectivity index (χ1v) is 9.89. The van der Waals surface area contributed by atoms with E-state index >= 15 is 0 Å². The fraction of sp³-hybridized carbons (Fsp3) is 0.550. The van der Waals surface area contributed by atoms with Gasteiger partial charge in [-0.15, -0.1) is 0 Å². The lowest BCUT2D eigenvalue weighted by molar-refractivity contribution is -0.160. The highest BCUT2D eigenvalue weighted by Crippen LogP contribution is 2.36. The van der Waals surface area contributed by atoms with Gasteiger partial charge >= 0.3 is 19.1 Å². The highest BCUT2D eigenvalue weighted by molar-refractivity contribution is 6.47. The van der Waals surface area contributed by atoms with Crippen LogP contribution in [0.1, 0.15) is 48.5 Å². The molecule has 2 aliphatic rings. The zero-order valence-corrected chi connectivity index (χ0v) is 16.4. The van der Waals surface area contributed by atoms with Crippen LogP contribution in [-0.2, 0) is 30.2 Å². The van der Waals surface area contributed by atoms with E-state index in [2.05, 4.69) is 0 Å². The molecular formula is C20H25BO8. The van der Waals surface area contributed by atoms with Gasteiger partial charge in [0.15, 0.2) is 0 Å². The van der Waals surface area contributed by atoms with Crippen molar-refractivity contribution in [1.29, 1.82) is 0 Å². The van der Waals surface area contributed by atoms with Gasteiger partial charge in [-0.2, -0.15) is 0 Å². The Morgan fingerprint density at radius 2 is 1.97 bits per heavy atom. The smallest absolute Gasteiger partial charge is 0.526 e. The highest BCUT2D eigenvalue weighted by Gasteiger charge is 2.37. The quantitative estimate of drug-likeness (QED) is 0.417. The minimum atomic E-state index is -1.18. The van der Waals surface area contributed by atoms with E-state index in [-0.39, 0.29) is 35.3 Å². The molecule has 1 atom stereocenters. The number of carbonyl (C=O) groups excluding carboxylic acids is 3. The van der Waals surface area contributed by atoms with E-state index < -0.39 is 25.8 Å². The molecule has 0 amide bonds. The van der Waals surface area contributed by atoms with Crippen LogP contribution in [0.25, 0.3) is 0 Å². The maximum absolute atomic E-state index is 12.4. The van der Waals surface area contributed by atoms with E-state index in [0.29, 0.717) is 38.9 Å². The Morgan fingerprint density at radius 3 is 2.69 bits per heavy atom. The number of esters is 2. The molecule has 3 rings (SSSR count). The zero-order valence-electron chi connectivity index (χ0n) is 16.4. The first-order valence-electron chi connectivity index (χ1n) is 9.89. The molecule has 0 bridgehead atoms. The summed E-state index contributed by atoms with van der Waals surface area (Å²) in [5.74, 6) is -1.44. The number of rotatable bonds is 7. The number of fused-ring (bicyclic) bond motifs is 1. The molecule has 0 saturated carbocycles. The van der Waals surface area contributed by atoms with Crippen molar-refractivity contribution < 1.29 is 38.3 Å². The fourth-order valence-electron chi connectivity index (χ4n) is 3.53. The van der Waals surface area contributed by atoms with Crippen molar-refractivity contribution in [3.8, 4) is 5.75 Å². The Morgan fingerprint density at radius 1 is 1.21 bits per heavy atom. The molecule has 2 aliphatic heterocycles. The van der Waals surface area contributed by atoms with E-state index in [9.17, 15) is 19.4 Å². The first kappa shape index (κ1) is 21.3. The molecule has 2 heterocycles. The minimum Gasteiger partial charge on any atom is -0.535 e. The van der Waals surface area contributed by atoms with Crippen molar-refractivity contribution >= 4 is 24.8 Å². The molecule has 8 nitrogen and oxygen atoms in total. The van der Waals surface area contributed by atoms with E-state index in [1.54, 1.807) is 19.1 Å². The summed E-state index contributed by atoms with van der Waals surface area (Å²) in [5.41, 5.74) is 0.863. The predicted octanol–water partition coefficient (Wildman–Crippen LogP) is 1.93. The summed E-state index contributed by atoms with van der Waals surface area (Å²) in [5, 5.41) is 10.3. The molecule has 9 heteroatoms. The maximum atomic E-state index is 12.4. The van der Waals surface area contributed by atoms with Crippen molar-refractivity contribution in [2.24, 2.45) is 5.92 Å². The molecule has 0 spiro atoms. The van der Waals surface area contributed by atoms with E-state index in [4.69, 9.17) is 18.9 Å². The van der Waals surface area contributed by atoms with Gasteiger partial charge in [-0.25, -0.2) is 4.79 Å². The van der Waals surface area contributed by atoms with Crippen molar-refractivity contribution in [2.75, 3.05) is 20.0 Å². The third kappa shape index (κ3) is 5.36. The van der Waals surface area contributed by atoms with Crippen LogP contribution in [0.15, 0.2) is 18.2 Å². The summed E-state index contributed by atoms with van der Waals surface area (Å²) in [6.07, 6.45) is 2.21. The SMILES string of the molecule is CCC(=O)C[C@H]1Cc2cccc(C(=O)OCOC(=O)C3CCOCC3)c2OB1O. The zero-order chi connectivity index (χ0) is 20.8. The van der Waals surface area contributed by atoms with Gasteiger partial charge in [-0.05, 0) is 30.9 Å². The van der Waals surface area contributed by atoms with Gasteiger partial charge in [-0.1, -0.05) is 19.1 Å². The number of hydrogen-bond acceptors (Lipinski definition) is 8. The molecule has 29 heavy (non-hydrogen) atoms. The highest BCUT2D eigenvalue weighted by atomic mass is 16.7. The van der Waals surface area contributed by atoms with Gasteiger partial charge in [0.2, 0.25) is 6.79 Å². The summed E-state index contributed by atoms with van der Waals surface area (Å²) >= 11 is 0. The monoisotopic (exact) mass is 404 g/mol. The van der Waals surface area contributed by atoms with Crippen LogP contribution >= 0.6 is 0 Å². The second-order valence-electron chi connectivity index (χ2n) is 7.26. The number of hydrogen-bond donors (Lipinski definition) is 1. The molecule has 1 N–H and O–H groups in total. The third-order valence-electron chi connectivity index (χ3n) is 5.27. The average molecular weight is 404 g/mol. The Labute approximate surface area is 169 Å². The van der Waals surface area contributed by atoms with E-state index in [1.807, 2.05) is 0 Å².